The van der Waals surface area contributed by atoms with Crippen molar-refractivity contribution in [3.8, 4) is 0 Å². The van der Waals surface area contributed by atoms with Gasteiger partial charge in [-0.25, -0.2) is 0 Å². The van der Waals surface area contributed by atoms with Crippen molar-refractivity contribution in [3.05, 3.63) is 46.8 Å². The summed E-state index contributed by atoms with van der Waals surface area (Å²) in [7, 11) is 0. The first-order chi connectivity index (χ1) is 10.8. The molecule has 0 saturated carbocycles. The minimum absolute atomic E-state index is 0.0293. The molecule has 4 N–H and O–H groups in total. The number of carbonyl (C=O) groups is 1. The highest BCUT2D eigenvalue weighted by molar-refractivity contribution is 5.92. The molecule has 1 aliphatic rings. The molecular weight excluding hydrogens is 288 g/mol. The number of benzene rings is 1. The number of nitrogens with zero attached hydrogens (tertiary/aromatic N) is 1. The Bertz CT molecular complexity index is 727. The zero-order valence-electron chi connectivity index (χ0n) is 13.9. The summed E-state index contributed by atoms with van der Waals surface area (Å²) in [6, 6.07) is 7.80. The molecule has 1 aromatic heterocycles. The first-order valence-electron chi connectivity index (χ1n) is 8.09. The number of nitrogens with one attached hydrogen (secondary N) is 2. The largest absolute Gasteiger partial charge is 0.399 e. The number of aryl methyl sites for hydroxylation is 1. The van der Waals surface area contributed by atoms with Gasteiger partial charge in [-0.1, -0.05) is 26.8 Å². The highest BCUT2D eigenvalue weighted by atomic mass is 16.2. The van der Waals surface area contributed by atoms with Crippen LogP contribution in [-0.2, 0) is 11.8 Å². The van der Waals surface area contributed by atoms with E-state index in [1.165, 1.54) is 11.1 Å². The molecule has 1 unspecified atom stereocenters. The number of aromatic nitrogens is 2. The van der Waals surface area contributed by atoms with Crippen LogP contribution in [0.2, 0.25) is 0 Å². The smallest absolute Gasteiger partial charge is 0.272 e. The van der Waals surface area contributed by atoms with Crippen LogP contribution in [0.15, 0.2) is 24.3 Å². The maximum atomic E-state index is 12.5. The fourth-order valence-electron chi connectivity index (χ4n) is 3.04. The maximum Gasteiger partial charge on any atom is 0.272 e. The van der Waals surface area contributed by atoms with Crippen LogP contribution in [0, 0.1) is 0 Å². The van der Waals surface area contributed by atoms with Crippen LogP contribution < -0.4 is 11.1 Å². The van der Waals surface area contributed by atoms with E-state index in [1.807, 2.05) is 24.3 Å². The third-order valence-corrected chi connectivity index (χ3v) is 4.41. The number of fused-ring (bicyclic) bond motifs is 1. The van der Waals surface area contributed by atoms with Gasteiger partial charge in [0.05, 0.1) is 6.04 Å². The molecule has 0 spiro atoms. The van der Waals surface area contributed by atoms with Crippen molar-refractivity contribution < 1.29 is 4.79 Å². The molecule has 23 heavy (non-hydrogen) atoms. The third-order valence-electron chi connectivity index (χ3n) is 4.41. The number of carbonyl (C=O) groups excluding carboxylic acids is 1. The van der Waals surface area contributed by atoms with Crippen molar-refractivity contribution in [2.24, 2.45) is 0 Å². The van der Waals surface area contributed by atoms with Gasteiger partial charge in [-0.3, -0.25) is 9.89 Å². The van der Waals surface area contributed by atoms with Gasteiger partial charge in [-0.15, -0.1) is 0 Å². The second kappa shape index (κ2) is 5.72. The summed E-state index contributed by atoms with van der Waals surface area (Å²) in [5.41, 5.74) is 10.4. The average molecular weight is 312 g/mol. The molecule has 3 rings (SSSR count). The van der Waals surface area contributed by atoms with Gasteiger partial charge in [0.1, 0.15) is 5.69 Å². The van der Waals surface area contributed by atoms with Crippen molar-refractivity contribution >= 4 is 11.6 Å². The fraction of sp³-hybridized carbons (Fsp3) is 0.444. The predicted octanol–water partition coefficient (Wildman–Crippen LogP) is 3.10. The normalized spacial score (nSPS) is 17.6. The molecular formula is C18H24N4O. The Hall–Kier alpha value is -2.30. The Morgan fingerprint density at radius 2 is 2.13 bits per heavy atom. The lowest BCUT2D eigenvalue weighted by Crippen LogP contribution is -2.31. The van der Waals surface area contributed by atoms with Crippen molar-refractivity contribution in [3.63, 3.8) is 0 Å². The number of amides is 1. The summed E-state index contributed by atoms with van der Waals surface area (Å²) in [6.07, 6.45) is 3.01. The quantitative estimate of drug-likeness (QED) is 0.745. The summed E-state index contributed by atoms with van der Waals surface area (Å²) in [5.74, 6) is -0.133. The monoisotopic (exact) mass is 312 g/mol. The minimum Gasteiger partial charge on any atom is -0.399 e. The molecule has 0 fully saturated rings. The first kappa shape index (κ1) is 15.6. The van der Waals surface area contributed by atoms with Gasteiger partial charge >= 0.3 is 0 Å². The molecule has 2 aromatic rings. The molecule has 122 valence electrons. The lowest BCUT2D eigenvalue weighted by molar-refractivity contribution is 0.0927. The van der Waals surface area contributed by atoms with E-state index in [2.05, 4.69) is 36.3 Å². The number of nitrogens with two attached hydrogens (primary N) is 1. The number of H-pyrrole nitrogens is 1. The van der Waals surface area contributed by atoms with E-state index in [1.54, 1.807) is 0 Å². The molecule has 5 heteroatoms. The Labute approximate surface area is 136 Å². The molecule has 1 aromatic carbocycles. The summed E-state index contributed by atoms with van der Waals surface area (Å²) in [6.45, 7) is 6.26. The summed E-state index contributed by atoms with van der Waals surface area (Å²) in [4.78, 5) is 12.5. The number of anilines is 1. The SMILES string of the molecule is CC(C)(C)c1cc(C(=O)NC2CCCc3cc(N)ccc32)n[nH]1. The Morgan fingerprint density at radius 3 is 2.83 bits per heavy atom. The van der Waals surface area contributed by atoms with Crippen molar-refractivity contribution in [1.82, 2.24) is 15.5 Å². The van der Waals surface area contributed by atoms with Gasteiger partial charge in [-0.05, 0) is 48.6 Å². The van der Waals surface area contributed by atoms with Crippen LogP contribution in [0.4, 0.5) is 5.69 Å². The standard InChI is InChI=1S/C18H24N4O/c1-18(2,3)16-10-15(21-22-16)17(23)20-14-6-4-5-11-9-12(19)7-8-13(11)14/h7-10,14H,4-6,19H2,1-3H3,(H,20,23)(H,21,22). The molecule has 1 atom stereocenters. The summed E-state index contributed by atoms with van der Waals surface area (Å²) < 4.78 is 0. The number of aromatic amines is 1. The summed E-state index contributed by atoms with van der Waals surface area (Å²) in [5, 5.41) is 10.2. The molecule has 1 aliphatic carbocycles. The van der Waals surface area contributed by atoms with Crippen LogP contribution in [0.1, 0.15) is 67.0 Å². The van der Waals surface area contributed by atoms with Crippen molar-refractivity contribution in [1.29, 1.82) is 0 Å². The Kier molecular flexibility index (Phi) is 3.88. The molecule has 0 aliphatic heterocycles. The maximum absolute atomic E-state index is 12.5. The molecule has 1 amide bonds. The lowest BCUT2D eigenvalue weighted by Gasteiger charge is -2.26. The minimum atomic E-state index is -0.133. The van der Waals surface area contributed by atoms with Gasteiger partial charge < -0.3 is 11.1 Å². The van der Waals surface area contributed by atoms with Gasteiger partial charge in [0.25, 0.3) is 5.91 Å². The van der Waals surface area contributed by atoms with Crippen LogP contribution >= 0.6 is 0 Å². The van der Waals surface area contributed by atoms with Gasteiger partial charge in [0, 0.05) is 16.8 Å². The molecule has 0 bridgehead atoms. The van der Waals surface area contributed by atoms with E-state index >= 15 is 0 Å². The lowest BCUT2D eigenvalue weighted by atomic mass is 9.87. The third kappa shape index (κ3) is 3.23. The van der Waals surface area contributed by atoms with E-state index in [0.29, 0.717) is 5.69 Å². The second-order valence-electron chi connectivity index (χ2n) is 7.29. The zero-order chi connectivity index (χ0) is 16.6. The van der Waals surface area contributed by atoms with Crippen molar-refractivity contribution in [2.45, 2.75) is 51.5 Å². The Morgan fingerprint density at radius 1 is 1.35 bits per heavy atom. The van der Waals surface area contributed by atoms with Gasteiger partial charge in [0.2, 0.25) is 0 Å². The van der Waals surface area contributed by atoms with E-state index in [9.17, 15) is 4.79 Å². The number of hydrogen-bond donors (Lipinski definition) is 3. The predicted molar refractivity (Wildman–Crippen MR) is 91.3 cm³/mol. The number of hydrogen-bond acceptors (Lipinski definition) is 3. The van der Waals surface area contributed by atoms with Gasteiger partial charge in [-0.2, -0.15) is 5.10 Å². The van der Waals surface area contributed by atoms with E-state index in [0.717, 1.165) is 30.6 Å². The first-order valence-corrected chi connectivity index (χ1v) is 8.09. The van der Waals surface area contributed by atoms with Crippen molar-refractivity contribution in [2.75, 3.05) is 5.73 Å². The number of nitrogen functional groups attached to an aromatic ring is 1. The van der Waals surface area contributed by atoms with Crippen LogP contribution in [-0.4, -0.2) is 16.1 Å². The highest BCUT2D eigenvalue weighted by Crippen LogP contribution is 2.31. The molecule has 1 heterocycles. The average Bonchev–Trinajstić information content (AvgIpc) is 2.97. The van der Waals surface area contributed by atoms with Crippen LogP contribution in [0.5, 0.6) is 0 Å². The second-order valence-corrected chi connectivity index (χ2v) is 7.29. The van der Waals surface area contributed by atoms with Crippen LogP contribution in [0.3, 0.4) is 0 Å². The van der Waals surface area contributed by atoms with Crippen LogP contribution in [0.25, 0.3) is 0 Å². The Balaban J connectivity index is 1.78. The number of rotatable bonds is 2. The van der Waals surface area contributed by atoms with E-state index in [-0.39, 0.29) is 17.4 Å². The summed E-state index contributed by atoms with van der Waals surface area (Å²) >= 11 is 0. The fourth-order valence-corrected chi connectivity index (χ4v) is 3.04. The molecule has 0 radical (unpaired) electrons. The molecule has 5 nitrogen and oxygen atoms in total. The van der Waals surface area contributed by atoms with E-state index < -0.39 is 0 Å². The highest BCUT2D eigenvalue weighted by Gasteiger charge is 2.24. The molecule has 0 saturated heterocycles. The topological polar surface area (TPSA) is 83.8 Å². The van der Waals surface area contributed by atoms with E-state index in [4.69, 9.17) is 5.73 Å². The van der Waals surface area contributed by atoms with Gasteiger partial charge in [0.15, 0.2) is 0 Å². The zero-order valence-corrected chi connectivity index (χ0v) is 13.9.